The fraction of sp³-hybridized carbons (Fsp3) is 0.786. The molecule has 0 spiro atoms. The number of nitrogens with two attached hydrogens (primary N) is 1. The summed E-state index contributed by atoms with van der Waals surface area (Å²) in [6.07, 6.45) is -0.00930. The smallest absolute Gasteiger partial charge is 0.323 e. The molecule has 1 rings (SSSR count). The molecule has 0 aromatic carbocycles. The van der Waals surface area contributed by atoms with Gasteiger partial charge in [-0.15, -0.1) is 0 Å². The lowest BCUT2D eigenvalue weighted by Crippen LogP contribution is -2.25. The Kier molecular flexibility index (Phi) is 6.61. The number of nitrogens with one attached hydrogen (secondary N) is 2. The Hall–Kier alpha value is -1.63. The second kappa shape index (κ2) is 7.97. The molecule has 0 saturated carbocycles. The molecule has 0 aliphatic heterocycles. The Balaban J connectivity index is 2.81. The Morgan fingerprint density at radius 2 is 1.52 bits per heavy atom. The second-order valence-electron chi connectivity index (χ2n) is 6.11. The van der Waals surface area contributed by atoms with Crippen molar-refractivity contribution in [2.45, 2.75) is 47.6 Å². The monoisotopic (exact) mass is 296 g/mol. The minimum absolute atomic E-state index is 0.00930. The highest BCUT2D eigenvalue weighted by Gasteiger charge is 2.18. The molecule has 1 heterocycles. The molecule has 120 valence electrons. The zero-order chi connectivity index (χ0) is 16.0. The maximum atomic E-state index is 5.50. The molecule has 7 nitrogen and oxygen atoms in total. The summed E-state index contributed by atoms with van der Waals surface area (Å²) < 4.78 is 5.50. The summed E-state index contributed by atoms with van der Waals surface area (Å²) >= 11 is 0. The number of hydrazine groups is 1. The third-order valence-corrected chi connectivity index (χ3v) is 3.29. The van der Waals surface area contributed by atoms with Gasteiger partial charge < -0.3 is 10.1 Å². The molecule has 0 radical (unpaired) electrons. The number of nitrogens with zero attached hydrogens (tertiary/aromatic N) is 3. The van der Waals surface area contributed by atoms with Gasteiger partial charge in [0.05, 0.1) is 6.10 Å². The molecule has 0 amide bonds. The van der Waals surface area contributed by atoms with Crippen LogP contribution in [0, 0.1) is 17.8 Å². The fourth-order valence-corrected chi connectivity index (χ4v) is 2.21. The highest BCUT2D eigenvalue weighted by molar-refractivity contribution is 5.35. The van der Waals surface area contributed by atoms with Crippen molar-refractivity contribution in [3.63, 3.8) is 0 Å². The van der Waals surface area contributed by atoms with E-state index in [2.05, 4.69) is 53.4 Å². The lowest BCUT2D eigenvalue weighted by molar-refractivity contribution is 0.222. The van der Waals surface area contributed by atoms with E-state index >= 15 is 0 Å². The average Bonchev–Trinajstić information content (AvgIpc) is 2.36. The van der Waals surface area contributed by atoms with E-state index in [9.17, 15) is 0 Å². The molecule has 0 unspecified atom stereocenters. The zero-order valence-electron chi connectivity index (χ0n) is 13.8. The van der Waals surface area contributed by atoms with Crippen LogP contribution in [-0.2, 0) is 0 Å². The van der Waals surface area contributed by atoms with Crippen LogP contribution in [0.3, 0.4) is 0 Å². The van der Waals surface area contributed by atoms with Gasteiger partial charge in [-0.2, -0.15) is 15.0 Å². The summed E-state index contributed by atoms with van der Waals surface area (Å²) in [6, 6.07) is 0.265. The van der Waals surface area contributed by atoms with Gasteiger partial charge in [-0.3, -0.25) is 5.43 Å². The van der Waals surface area contributed by atoms with Crippen molar-refractivity contribution in [1.29, 1.82) is 0 Å². The van der Waals surface area contributed by atoms with Crippen molar-refractivity contribution in [1.82, 2.24) is 15.0 Å². The molecule has 0 atom stereocenters. The summed E-state index contributed by atoms with van der Waals surface area (Å²) in [4.78, 5) is 12.5. The van der Waals surface area contributed by atoms with Gasteiger partial charge in [0.2, 0.25) is 11.9 Å². The highest BCUT2D eigenvalue weighted by Crippen LogP contribution is 2.21. The number of rotatable bonds is 8. The number of hydrogen-bond donors (Lipinski definition) is 3. The Morgan fingerprint density at radius 1 is 0.952 bits per heavy atom. The SMILES string of the molecule is CC(C)Oc1nc(NN)nc(NCC(C(C)C)C(C)C)n1. The van der Waals surface area contributed by atoms with Crippen LogP contribution in [0.4, 0.5) is 11.9 Å². The van der Waals surface area contributed by atoms with Crippen molar-refractivity contribution in [2.75, 3.05) is 17.3 Å². The lowest BCUT2D eigenvalue weighted by Gasteiger charge is -2.25. The van der Waals surface area contributed by atoms with Crippen LogP contribution in [0.2, 0.25) is 0 Å². The second-order valence-corrected chi connectivity index (χ2v) is 6.11. The summed E-state index contributed by atoms with van der Waals surface area (Å²) in [5.41, 5.74) is 2.43. The van der Waals surface area contributed by atoms with Gasteiger partial charge in [-0.1, -0.05) is 27.7 Å². The highest BCUT2D eigenvalue weighted by atomic mass is 16.5. The Morgan fingerprint density at radius 3 is 2.00 bits per heavy atom. The summed E-state index contributed by atoms with van der Waals surface area (Å²) in [7, 11) is 0. The molecule has 0 aliphatic rings. The third kappa shape index (κ3) is 5.71. The van der Waals surface area contributed by atoms with E-state index in [0.717, 1.165) is 6.54 Å². The van der Waals surface area contributed by atoms with Gasteiger partial charge in [-0.25, -0.2) is 5.84 Å². The van der Waals surface area contributed by atoms with Gasteiger partial charge in [0.25, 0.3) is 0 Å². The molecule has 1 aromatic rings. The van der Waals surface area contributed by atoms with Crippen LogP contribution in [-0.4, -0.2) is 27.6 Å². The van der Waals surface area contributed by atoms with Crippen LogP contribution in [0.1, 0.15) is 41.5 Å². The first-order valence-electron chi connectivity index (χ1n) is 7.46. The van der Waals surface area contributed by atoms with Gasteiger partial charge >= 0.3 is 6.01 Å². The van der Waals surface area contributed by atoms with E-state index in [1.807, 2.05) is 13.8 Å². The summed E-state index contributed by atoms with van der Waals surface area (Å²) in [5, 5.41) is 3.26. The van der Waals surface area contributed by atoms with Crippen LogP contribution in [0.5, 0.6) is 6.01 Å². The number of aromatic nitrogens is 3. The van der Waals surface area contributed by atoms with E-state index < -0.39 is 0 Å². The molecular formula is C14H28N6O. The Bertz CT molecular complexity index is 427. The first kappa shape index (κ1) is 17.4. The molecule has 0 saturated heterocycles. The maximum absolute atomic E-state index is 5.50. The van der Waals surface area contributed by atoms with Gasteiger partial charge in [-0.05, 0) is 31.6 Å². The van der Waals surface area contributed by atoms with Gasteiger partial charge in [0, 0.05) is 6.54 Å². The zero-order valence-corrected chi connectivity index (χ0v) is 13.8. The molecule has 0 aliphatic carbocycles. The molecule has 0 fully saturated rings. The van der Waals surface area contributed by atoms with E-state index in [1.165, 1.54) is 0 Å². The average molecular weight is 296 g/mol. The van der Waals surface area contributed by atoms with Crippen molar-refractivity contribution in [2.24, 2.45) is 23.6 Å². The van der Waals surface area contributed by atoms with E-state index in [-0.39, 0.29) is 18.1 Å². The minimum Gasteiger partial charge on any atom is -0.461 e. The van der Waals surface area contributed by atoms with Crippen molar-refractivity contribution >= 4 is 11.9 Å². The topological polar surface area (TPSA) is 98.0 Å². The molecule has 21 heavy (non-hydrogen) atoms. The number of hydrogen-bond acceptors (Lipinski definition) is 7. The molecule has 4 N–H and O–H groups in total. The minimum atomic E-state index is -0.00930. The summed E-state index contributed by atoms with van der Waals surface area (Å²) in [6.45, 7) is 13.5. The van der Waals surface area contributed by atoms with Gasteiger partial charge in [0.15, 0.2) is 0 Å². The first-order valence-corrected chi connectivity index (χ1v) is 7.46. The summed E-state index contributed by atoms with van der Waals surface area (Å²) in [5.74, 6) is 7.84. The predicted octanol–water partition coefficient (Wildman–Crippen LogP) is 2.28. The maximum Gasteiger partial charge on any atom is 0.323 e. The molecule has 0 bridgehead atoms. The fourth-order valence-electron chi connectivity index (χ4n) is 2.21. The lowest BCUT2D eigenvalue weighted by atomic mass is 9.85. The number of anilines is 2. The van der Waals surface area contributed by atoms with E-state index in [1.54, 1.807) is 0 Å². The van der Waals surface area contributed by atoms with Crippen LogP contribution < -0.4 is 21.3 Å². The number of ether oxygens (including phenoxy) is 1. The van der Waals surface area contributed by atoms with Crippen LogP contribution in [0.25, 0.3) is 0 Å². The van der Waals surface area contributed by atoms with Gasteiger partial charge in [0.1, 0.15) is 0 Å². The van der Waals surface area contributed by atoms with Crippen LogP contribution in [0.15, 0.2) is 0 Å². The first-order chi connectivity index (χ1) is 9.83. The number of nitrogen functional groups attached to an aromatic ring is 1. The van der Waals surface area contributed by atoms with Crippen molar-refractivity contribution in [3.8, 4) is 6.01 Å². The normalized spacial score (nSPS) is 11.6. The van der Waals surface area contributed by atoms with E-state index in [4.69, 9.17) is 10.6 Å². The molecule has 7 heteroatoms. The standard InChI is InChI=1S/C14H28N6O/c1-8(2)11(9(3)4)7-16-12-17-13(20-15)19-14(18-12)21-10(5)6/h8-11H,7,15H2,1-6H3,(H2,16,17,18,19,20). The van der Waals surface area contributed by atoms with Crippen LogP contribution >= 0.6 is 0 Å². The largest absolute Gasteiger partial charge is 0.461 e. The Labute approximate surface area is 127 Å². The molecule has 1 aromatic heterocycles. The predicted molar refractivity (Wildman–Crippen MR) is 85.1 cm³/mol. The third-order valence-electron chi connectivity index (χ3n) is 3.29. The van der Waals surface area contributed by atoms with Crippen molar-refractivity contribution in [3.05, 3.63) is 0 Å². The quantitative estimate of drug-likeness (QED) is 0.500. The molecular weight excluding hydrogens is 268 g/mol. The van der Waals surface area contributed by atoms with E-state index in [0.29, 0.717) is 23.7 Å². The van der Waals surface area contributed by atoms with Crippen molar-refractivity contribution < 1.29 is 4.74 Å².